The topological polar surface area (TPSA) is 26.0 Å². The molecule has 0 heterocycles. The maximum Gasteiger partial charge on any atom is 0.159 e. The van der Waals surface area contributed by atoms with Crippen molar-refractivity contribution in [2.45, 2.75) is 32.2 Å². The summed E-state index contributed by atoms with van der Waals surface area (Å²) in [5.41, 5.74) is 6.81. The molecule has 1 fully saturated rings. The Hall–Kier alpha value is -0.960. The van der Waals surface area contributed by atoms with Crippen LogP contribution in [-0.4, -0.2) is 6.04 Å². The van der Waals surface area contributed by atoms with E-state index < -0.39 is 11.6 Å². The minimum Gasteiger partial charge on any atom is -0.327 e. The summed E-state index contributed by atoms with van der Waals surface area (Å²) in [6.07, 6.45) is 2.92. The molecule has 1 aliphatic carbocycles. The lowest BCUT2D eigenvalue weighted by Gasteiger charge is -2.18. The molecule has 0 aliphatic heterocycles. The number of hydrogen-bond donors (Lipinski definition) is 1. The third kappa shape index (κ3) is 2.24. The first-order chi connectivity index (χ1) is 7.58. The van der Waals surface area contributed by atoms with Crippen LogP contribution in [-0.2, 0) is 6.42 Å². The van der Waals surface area contributed by atoms with Gasteiger partial charge in [-0.05, 0) is 48.8 Å². The molecule has 1 saturated carbocycles. The summed E-state index contributed by atoms with van der Waals surface area (Å²) in [4.78, 5) is 0. The van der Waals surface area contributed by atoms with Crippen LogP contribution in [0.3, 0.4) is 0 Å². The predicted octanol–water partition coefficient (Wildman–Crippen LogP) is 2.88. The molecule has 1 nitrogen and oxygen atoms in total. The summed E-state index contributed by atoms with van der Waals surface area (Å²) in [6, 6.07) is 4.42. The first kappa shape index (κ1) is 11.5. The van der Waals surface area contributed by atoms with Crippen molar-refractivity contribution in [2.24, 2.45) is 17.6 Å². The fourth-order valence-electron chi connectivity index (χ4n) is 2.54. The summed E-state index contributed by atoms with van der Waals surface area (Å²) >= 11 is 0. The minimum atomic E-state index is -0.778. The third-order valence-corrected chi connectivity index (χ3v) is 3.77. The summed E-state index contributed by atoms with van der Waals surface area (Å²) in [5, 5.41) is 0. The zero-order valence-electron chi connectivity index (χ0n) is 9.42. The van der Waals surface area contributed by atoms with Gasteiger partial charge in [0.25, 0.3) is 0 Å². The second kappa shape index (κ2) is 4.50. The first-order valence-electron chi connectivity index (χ1n) is 5.77. The number of halogens is 2. The van der Waals surface area contributed by atoms with Gasteiger partial charge in [-0.1, -0.05) is 13.0 Å². The van der Waals surface area contributed by atoms with Crippen molar-refractivity contribution in [3.05, 3.63) is 35.4 Å². The van der Waals surface area contributed by atoms with Crippen molar-refractivity contribution < 1.29 is 8.78 Å². The zero-order valence-corrected chi connectivity index (χ0v) is 9.42. The summed E-state index contributed by atoms with van der Waals surface area (Å²) in [6.45, 7) is 2.14. The van der Waals surface area contributed by atoms with Crippen LogP contribution in [0.5, 0.6) is 0 Å². The van der Waals surface area contributed by atoms with Crippen LogP contribution in [0.2, 0.25) is 0 Å². The van der Waals surface area contributed by atoms with Gasteiger partial charge >= 0.3 is 0 Å². The van der Waals surface area contributed by atoms with E-state index in [1.807, 2.05) is 0 Å². The fourth-order valence-corrected chi connectivity index (χ4v) is 2.54. The summed E-state index contributed by atoms with van der Waals surface area (Å²) in [7, 11) is 0. The Kier molecular flexibility index (Phi) is 3.24. The molecule has 0 saturated heterocycles. The van der Waals surface area contributed by atoms with E-state index in [1.165, 1.54) is 12.1 Å². The highest BCUT2D eigenvalue weighted by atomic mass is 19.2. The van der Waals surface area contributed by atoms with E-state index in [4.69, 9.17) is 5.73 Å². The quantitative estimate of drug-likeness (QED) is 0.822. The van der Waals surface area contributed by atoms with Crippen LogP contribution in [0, 0.1) is 23.5 Å². The van der Waals surface area contributed by atoms with Crippen molar-refractivity contribution >= 4 is 0 Å². The SMILES string of the molecule is CC1C(N)CCC1Cc1ccc(F)c(F)c1. The molecule has 2 N–H and O–H groups in total. The van der Waals surface area contributed by atoms with Gasteiger partial charge in [-0.15, -0.1) is 0 Å². The Morgan fingerprint density at radius 2 is 2.00 bits per heavy atom. The molecule has 3 heteroatoms. The van der Waals surface area contributed by atoms with E-state index in [0.29, 0.717) is 11.8 Å². The molecule has 88 valence electrons. The Balaban J connectivity index is 2.07. The van der Waals surface area contributed by atoms with E-state index in [1.54, 1.807) is 6.07 Å². The van der Waals surface area contributed by atoms with Crippen LogP contribution >= 0.6 is 0 Å². The van der Waals surface area contributed by atoms with E-state index >= 15 is 0 Å². The van der Waals surface area contributed by atoms with Gasteiger partial charge in [-0.3, -0.25) is 0 Å². The van der Waals surface area contributed by atoms with Gasteiger partial charge in [0.2, 0.25) is 0 Å². The molecule has 3 atom stereocenters. The van der Waals surface area contributed by atoms with Gasteiger partial charge in [0.1, 0.15) is 0 Å². The largest absolute Gasteiger partial charge is 0.327 e. The number of hydrogen-bond acceptors (Lipinski definition) is 1. The standard InChI is InChI=1S/C13H17F2N/c1-8-10(3-5-13(8)16)6-9-2-4-11(14)12(15)7-9/h2,4,7-8,10,13H,3,5-6,16H2,1H3. The van der Waals surface area contributed by atoms with Gasteiger partial charge < -0.3 is 5.73 Å². The summed E-state index contributed by atoms with van der Waals surface area (Å²) in [5.74, 6) is -0.569. The highest BCUT2D eigenvalue weighted by Crippen LogP contribution is 2.33. The molecule has 1 aromatic carbocycles. The predicted molar refractivity (Wildman–Crippen MR) is 59.9 cm³/mol. The first-order valence-corrected chi connectivity index (χ1v) is 5.77. The van der Waals surface area contributed by atoms with Crippen LogP contribution in [0.25, 0.3) is 0 Å². The summed E-state index contributed by atoms with van der Waals surface area (Å²) < 4.78 is 25.8. The molecule has 0 radical (unpaired) electrons. The molecule has 0 amide bonds. The van der Waals surface area contributed by atoms with Gasteiger partial charge in [0.15, 0.2) is 11.6 Å². The second-order valence-electron chi connectivity index (χ2n) is 4.81. The third-order valence-electron chi connectivity index (χ3n) is 3.77. The van der Waals surface area contributed by atoms with E-state index in [9.17, 15) is 8.78 Å². The molecule has 3 unspecified atom stereocenters. The maximum atomic E-state index is 13.0. The maximum absolute atomic E-state index is 13.0. The van der Waals surface area contributed by atoms with Crippen molar-refractivity contribution in [3.8, 4) is 0 Å². The lowest BCUT2D eigenvalue weighted by molar-refractivity contribution is 0.389. The molecule has 0 aromatic heterocycles. The monoisotopic (exact) mass is 225 g/mol. The molecule has 2 rings (SSSR count). The lowest BCUT2D eigenvalue weighted by atomic mass is 9.90. The average Bonchev–Trinajstić information content (AvgIpc) is 2.55. The van der Waals surface area contributed by atoms with E-state index in [-0.39, 0.29) is 6.04 Å². The Labute approximate surface area is 94.7 Å². The van der Waals surface area contributed by atoms with Crippen molar-refractivity contribution in [1.29, 1.82) is 0 Å². The Morgan fingerprint density at radius 3 is 2.56 bits per heavy atom. The Morgan fingerprint density at radius 1 is 1.25 bits per heavy atom. The molecule has 1 aromatic rings. The van der Waals surface area contributed by atoms with Crippen LogP contribution in [0.1, 0.15) is 25.3 Å². The van der Waals surface area contributed by atoms with Crippen LogP contribution in [0.15, 0.2) is 18.2 Å². The number of nitrogens with two attached hydrogens (primary N) is 1. The second-order valence-corrected chi connectivity index (χ2v) is 4.81. The fraction of sp³-hybridized carbons (Fsp3) is 0.538. The van der Waals surface area contributed by atoms with Crippen LogP contribution in [0.4, 0.5) is 8.78 Å². The molecule has 0 spiro atoms. The minimum absolute atomic E-state index is 0.260. The molecule has 0 bridgehead atoms. The lowest BCUT2D eigenvalue weighted by Crippen LogP contribution is -2.25. The smallest absolute Gasteiger partial charge is 0.159 e. The van der Waals surface area contributed by atoms with Crippen molar-refractivity contribution in [2.75, 3.05) is 0 Å². The highest BCUT2D eigenvalue weighted by molar-refractivity contribution is 5.18. The van der Waals surface area contributed by atoms with Gasteiger partial charge in [-0.25, -0.2) is 8.78 Å². The normalized spacial score (nSPS) is 29.6. The number of rotatable bonds is 2. The van der Waals surface area contributed by atoms with Crippen LogP contribution < -0.4 is 5.73 Å². The van der Waals surface area contributed by atoms with Gasteiger partial charge in [0.05, 0.1) is 0 Å². The molecular weight excluding hydrogens is 208 g/mol. The van der Waals surface area contributed by atoms with E-state index in [0.717, 1.165) is 24.8 Å². The Bertz CT molecular complexity index is 378. The van der Waals surface area contributed by atoms with Crippen molar-refractivity contribution in [3.63, 3.8) is 0 Å². The molecule has 16 heavy (non-hydrogen) atoms. The zero-order chi connectivity index (χ0) is 11.7. The number of benzene rings is 1. The van der Waals surface area contributed by atoms with Crippen molar-refractivity contribution in [1.82, 2.24) is 0 Å². The highest BCUT2D eigenvalue weighted by Gasteiger charge is 2.30. The van der Waals surface area contributed by atoms with E-state index in [2.05, 4.69) is 6.92 Å². The average molecular weight is 225 g/mol. The molecular formula is C13H17F2N. The molecule has 1 aliphatic rings. The van der Waals surface area contributed by atoms with Gasteiger partial charge in [0, 0.05) is 6.04 Å². The van der Waals surface area contributed by atoms with Gasteiger partial charge in [-0.2, -0.15) is 0 Å².